The molecular formula is C8H15NO4. The van der Waals surface area contributed by atoms with Crippen LogP contribution in [0.5, 0.6) is 0 Å². The van der Waals surface area contributed by atoms with Gasteiger partial charge < -0.3 is 15.2 Å². The number of amides is 1. The fourth-order valence-electron chi connectivity index (χ4n) is 0.813. The summed E-state index contributed by atoms with van der Waals surface area (Å²) < 4.78 is 4.56. The Bertz CT molecular complexity index is 191. The maximum absolute atomic E-state index is 10.9. The monoisotopic (exact) mass is 189 g/mol. The number of carboxylic acid groups (broad SMARTS) is 1. The predicted molar refractivity (Wildman–Crippen MR) is 46.4 cm³/mol. The Morgan fingerprint density at radius 3 is 2.31 bits per heavy atom. The van der Waals surface area contributed by atoms with E-state index >= 15 is 0 Å². The number of aliphatic carboxylic acids is 1. The summed E-state index contributed by atoms with van der Waals surface area (Å²) in [6.07, 6.45) is -0.691. The summed E-state index contributed by atoms with van der Waals surface area (Å²) in [6.45, 7) is 5.32. The third-order valence-electron chi connectivity index (χ3n) is 1.48. The Kier molecular flexibility index (Phi) is 4.87. The van der Waals surface area contributed by atoms with Crippen LogP contribution in [0.2, 0.25) is 0 Å². The smallest absolute Gasteiger partial charge is 0.407 e. The van der Waals surface area contributed by atoms with Gasteiger partial charge in [-0.25, -0.2) is 9.59 Å². The molecule has 0 radical (unpaired) electrons. The van der Waals surface area contributed by atoms with Crippen molar-refractivity contribution in [2.45, 2.75) is 26.8 Å². The molecule has 0 rings (SSSR count). The molecule has 1 atom stereocenters. The van der Waals surface area contributed by atoms with E-state index in [9.17, 15) is 9.59 Å². The number of alkyl carbamates (subject to hydrolysis) is 1. The minimum absolute atomic E-state index is 0.165. The first-order chi connectivity index (χ1) is 5.99. The van der Waals surface area contributed by atoms with Crippen molar-refractivity contribution in [2.75, 3.05) is 6.61 Å². The highest BCUT2D eigenvalue weighted by molar-refractivity contribution is 5.80. The van der Waals surface area contributed by atoms with Crippen LogP contribution in [0.4, 0.5) is 4.79 Å². The van der Waals surface area contributed by atoms with Crippen molar-refractivity contribution >= 4 is 12.1 Å². The summed E-state index contributed by atoms with van der Waals surface area (Å²) in [5, 5.41) is 10.9. The van der Waals surface area contributed by atoms with Gasteiger partial charge in [0.25, 0.3) is 0 Å². The lowest BCUT2D eigenvalue weighted by Crippen LogP contribution is -2.44. The average molecular weight is 189 g/mol. The second-order valence-corrected chi connectivity index (χ2v) is 2.92. The van der Waals surface area contributed by atoms with Crippen LogP contribution in [0.1, 0.15) is 20.8 Å². The van der Waals surface area contributed by atoms with E-state index in [1.165, 1.54) is 0 Å². The summed E-state index contributed by atoms with van der Waals surface area (Å²) in [5.41, 5.74) is 0. The van der Waals surface area contributed by atoms with Crippen LogP contribution >= 0.6 is 0 Å². The highest BCUT2D eigenvalue weighted by Gasteiger charge is 2.23. The average Bonchev–Trinajstić information content (AvgIpc) is 1.99. The Balaban J connectivity index is 4.10. The molecule has 2 N–H and O–H groups in total. The van der Waals surface area contributed by atoms with Crippen molar-refractivity contribution in [1.82, 2.24) is 5.32 Å². The summed E-state index contributed by atoms with van der Waals surface area (Å²) in [4.78, 5) is 21.5. The second-order valence-electron chi connectivity index (χ2n) is 2.92. The number of hydrogen-bond donors (Lipinski definition) is 2. The number of carbonyl (C=O) groups excluding carboxylic acids is 1. The lowest BCUT2D eigenvalue weighted by molar-refractivity contribution is -0.140. The molecule has 0 heterocycles. The SMILES string of the molecule is CCOC(=O)N[C@H](C(=O)O)C(C)C. The molecule has 0 unspecified atom stereocenters. The van der Waals surface area contributed by atoms with Gasteiger partial charge in [0.15, 0.2) is 0 Å². The first-order valence-electron chi connectivity index (χ1n) is 4.15. The van der Waals surface area contributed by atoms with Crippen LogP contribution in [0, 0.1) is 5.92 Å². The molecule has 0 spiro atoms. The molecule has 13 heavy (non-hydrogen) atoms. The van der Waals surface area contributed by atoms with Crippen molar-refractivity contribution in [3.8, 4) is 0 Å². The van der Waals surface area contributed by atoms with Crippen molar-refractivity contribution in [2.24, 2.45) is 5.92 Å². The summed E-state index contributed by atoms with van der Waals surface area (Å²) >= 11 is 0. The first kappa shape index (κ1) is 11.7. The molecular weight excluding hydrogens is 174 g/mol. The van der Waals surface area contributed by atoms with E-state index in [-0.39, 0.29) is 12.5 Å². The lowest BCUT2D eigenvalue weighted by Gasteiger charge is -2.16. The highest BCUT2D eigenvalue weighted by Crippen LogP contribution is 2.01. The van der Waals surface area contributed by atoms with Gasteiger partial charge in [0, 0.05) is 0 Å². The minimum atomic E-state index is -1.05. The maximum Gasteiger partial charge on any atom is 0.407 e. The molecule has 0 fully saturated rings. The molecule has 0 aliphatic rings. The lowest BCUT2D eigenvalue weighted by atomic mass is 10.1. The Labute approximate surface area is 77.1 Å². The maximum atomic E-state index is 10.9. The molecule has 0 aromatic rings. The van der Waals surface area contributed by atoms with Crippen molar-refractivity contribution < 1.29 is 19.4 Å². The number of hydrogen-bond acceptors (Lipinski definition) is 3. The van der Waals surface area contributed by atoms with E-state index in [2.05, 4.69) is 10.1 Å². The third kappa shape index (κ3) is 4.35. The second kappa shape index (κ2) is 5.40. The summed E-state index contributed by atoms with van der Waals surface area (Å²) in [5.74, 6) is -1.22. The van der Waals surface area contributed by atoms with E-state index in [1.807, 2.05) is 0 Å². The predicted octanol–water partition coefficient (Wildman–Crippen LogP) is 0.842. The van der Waals surface area contributed by atoms with E-state index in [0.717, 1.165) is 0 Å². The van der Waals surface area contributed by atoms with Crippen LogP contribution in [0.25, 0.3) is 0 Å². The Morgan fingerprint density at radius 1 is 1.46 bits per heavy atom. The quantitative estimate of drug-likeness (QED) is 0.687. The van der Waals surface area contributed by atoms with Crippen LogP contribution in [0.3, 0.4) is 0 Å². The van der Waals surface area contributed by atoms with E-state index < -0.39 is 18.1 Å². The fourth-order valence-corrected chi connectivity index (χ4v) is 0.813. The Morgan fingerprint density at radius 2 is 2.00 bits per heavy atom. The highest BCUT2D eigenvalue weighted by atomic mass is 16.5. The molecule has 0 bridgehead atoms. The van der Waals surface area contributed by atoms with Crippen LogP contribution in [0.15, 0.2) is 0 Å². The van der Waals surface area contributed by atoms with E-state index in [4.69, 9.17) is 5.11 Å². The van der Waals surface area contributed by atoms with Gasteiger partial charge in [0.05, 0.1) is 6.61 Å². The van der Waals surface area contributed by atoms with Gasteiger partial charge in [-0.3, -0.25) is 0 Å². The molecule has 5 heteroatoms. The van der Waals surface area contributed by atoms with Gasteiger partial charge in [-0.15, -0.1) is 0 Å². The molecule has 0 aliphatic heterocycles. The van der Waals surface area contributed by atoms with Gasteiger partial charge in [0.2, 0.25) is 0 Å². The fraction of sp³-hybridized carbons (Fsp3) is 0.750. The standard InChI is InChI=1S/C8H15NO4/c1-4-13-8(12)9-6(5(2)3)7(10)11/h5-6H,4H2,1-3H3,(H,9,12)(H,10,11)/t6-/m0/s1. The normalized spacial score (nSPS) is 12.3. The molecule has 0 aromatic heterocycles. The number of carboxylic acids is 1. The zero-order valence-electron chi connectivity index (χ0n) is 8.03. The molecule has 0 saturated heterocycles. The Hall–Kier alpha value is -1.26. The summed E-state index contributed by atoms with van der Waals surface area (Å²) in [6, 6.07) is -0.890. The van der Waals surface area contributed by atoms with Gasteiger partial charge >= 0.3 is 12.1 Å². The topological polar surface area (TPSA) is 75.6 Å². The largest absolute Gasteiger partial charge is 0.480 e. The van der Waals surface area contributed by atoms with Crippen molar-refractivity contribution in [1.29, 1.82) is 0 Å². The van der Waals surface area contributed by atoms with Gasteiger partial charge in [-0.05, 0) is 12.8 Å². The number of carbonyl (C=O) groups is 2. The van der Waals surface area contributed by atoms with Gasteiger partial charge in [0.1, 0.15) is 6.04 Å². The molecule has 0 aliphatic carbocycles. The molecule has 0 saturated carbocycles. The van der Waals surface area contributed by atoms with Crippen molar-refractivity contribution in [3.05, 3.63) is 0 Å². The number of ether oxygens (including phenoxy) is 1. The van der Waals surface area contributed by atoms with Gasteiger partial charge in [-0.2, -0.15) is 0 Å². The van der Waals surface area contributed by atoms with E-state index in [0.29, 0.717) is 0 Å². The van der Waals surface area contributed by atoms with Crippen LogP contribution in [-0.2, 0) is 9.53 Å². The number of nitrogens with one attached hydrogen (secondary N) is 1. The molecule has 5 nitrogen and oxygen atoms in total. The molecule has 76 valence electrons. The van der Waals surface area contributed by atoms with Crippen LogP contribution in [-0.4, -0.2) is 29.8 Å². The summed E-state index contributed by atoms with van der Waals surface area (Å²) in [7, 11) is 0. The van der Waals surface area contributed by atoms with E-state index in [1.54, 1.807) is 20.8 Å². The zero-order valence-corrected chi connectivity index (χ0v) is 8.03. The van der Waals surface area contributed by atoms with Crippen LogP contribution < -0.4 is 5.32 Å². The minimum Gasteiger partial charge on any atom is -0.480 e. The third-order valence-corrected chi connectivity index (χ3v) is 1.48. The van der Waals surface area contributed by atoms with Crippen molar-refractivity contribution in [3.63, 3.8) is 0 Å². The molecule has 1 amide bonds. The zero-order chi connectivity index (χ0) is 10.4. The first-order valence-corrected chi connectivity index (χ1v) is 4.15. The molecule has 0 aromatic carbocycles. The van der Waals surface area contributed by atoms with Gasteiger partial charge in [-0.1, -0.05) is 13.8 Å². The number of rotatable bonds is 4.